The van der Waals surface area contributed by atoms with Gasteiger partial charge in [0.25, 0.3) is 5.56 Å². The summed E-state index contributed by atoms with van der Waals surface area (Å²) < 4.78 is 40.1. The minimum absolute atomic E-state index is 0.0401. The SMILES string of the molecule is CN(CCc1c[nH]c(=O)c2cc(F)c(F)cc12)C(=O)Nc1cccc(F)c1. The Morgan fingerprint density at radius 3 is 2.52 bits per heavy atom. The summed E-state index contributed by atoms with van der Waals surface area (Å²) in [5, 5.41) is 2.89. The van der Waals surface area contributed by atoms with Crippen molar-refractivity contribution < 1.29 is 18.0 Å². The van der Waals surface area contributed by atoms with E-state index in [1.807, 2.05) is 0 Å². The maximum atomic E-state index is 13.6. The van der Waals surface area contributed by atoms with E-state index in [4.69, 9.17) is 0 Å². The van der Waals surface area contributed by atoms with Gasteiger partial charge in [-0.15, -0.1) is 0 Å². The molecule has 0 atom stereocenters. The molecular formula is C19H16F3N3O2. The maximum absolute atomic E-state index is 13.6. The van der Waals surface area contributed by atoms with Crippen LogP contribution in [-0.2, 0) is 6.42 Å². The summed E-state index contributed by atoms with van der Waals surface area (Å²) in [4.78, 5) is 27.9. The van der Waals surface area contributed by atoms with Crippen LogP contribution < -0.4 is 10.9 Å². The predicted octanol–water partition coefficient (Wildman–Crippen LogP) is 3.65. The number of urea groups is 1. The lowest BCUT2D eigenvalue weighted by Gasteiger charge is -2.18. The number of hydrogen-bond donors (Lipinski definition) is 2. The molecule has 140 valence electrons. The van der Waals surface area contributed by atoms with Crippen molar-refractivity contribution in [1.82, 2.24) is 9.88 Å². The van der Waals surface area contributed by atoms with Gasteiger partial charge in [-0.3, -0.25) is 4.79 Å². The second-order valence-corrected chi connectivity index (χ2v) is 6.07. The van der Waals surface area contributed by atoms with Crippen LogP contribution in [0.15, 0.2) is 47.4 Å². The number of anilines is 1. The molecule has 0 bridgehead atoms. The van der Waals surface area contributed by atoms with Gasteiger partial charge in [0, 0.05) is 25.5 Å². The average Bonchev–Trinajstić information content (AvgIpc) is 2.62. The van der Waals surface area contributed by atoms with Gasteiger partial charge in [-0.25, -0.2) is 18.0 Å². The van der Waals surface area contributed by atoms with Crippen LogP contribution in [0.3, 0.4) is 0 Å². The van der Waals surface area contributed by atoms with Crippen LogP contribution in [0.5, 0.6) is 0 Å². The second-order valence-electron chi connectivity index (χ2n) is 6.07. The first kappa shape index (κ1) is 18.5. The lowest BCUT2D eigenvalue weighted by molar-refractivity contribution is 0.223. The van der Waals surface area contributed by atoms with Crippen molar-refractivity contribution >= 4 is 22.5 Å². The molecule has 0 aliphatic carbocycles. The summed E-state index contributed by atoms with van der Waals surface area (Å²) in [6, 6.07) is 6.87. The summed E-state index contributed by atoms with van der Waals surface area (Å²) in [6.07, 6.45) is 1.71. The van der Waals surface area contributed by atoms with Gasteiger partial charge in [-0.1, -0.05) is 6.07 Å². The molecule has 2 N–H and O–H groups in total. The van der Waals surface area contributed by atoms with Gasteiger partial charge in [0.1, 0.15) is 5.82 Å². The molecule has 0 fully saturated rings. The molecule has 5 nitrogen and oxygen atoms in total. The highest BCUT2D eigenvalue weighted by molar-refractivity contribution is 5.89. The number of carbonyl (C=O) groups excluding carboxylic acids is 1. The Kier molecular flexibility index (Phi) is 5.16. The Balaban J connectivity index is 1.74. The van der Waals surface area contributed by atoms with Crippen LogP contribution in [-0.4, -0.2) is 29.5 Å². The van der Waals surface area contributed by atoms with Gasteiger partial charge in [0.15, 0.2) is 11.6 Å². The molecule has 0 saturated carbocycles. The number of halogens is 3. The average molecular weight is 375 g/mol. The van der Waals surface area contributed by atoms with Crippen LogP contribution in [0.4, 0.5) is 23.7 Å². The van der Waals surface area contributed by atoms with Gasteiger partial charge in [0.2, 0.25) is 0 Å². The number of fused-ring (bicyclic) bond motifs is 1. The van der Waals surface area contributed by atoms with E-state index in [1.165, 1.54) is 29.3 Å². The molecule has 1 aromatic heterocycles. The van der Waals surface area contributed by atoms with Gasteiger partial charge in [-0.2, -0.15) is 0 Å². The number of amides is 2. The highest BCUT2D eigenvalue weighted by Crippen LogP contribution is 2.19. The lowest BCUT2D eigenvalue weighted by atomic mass is 10.0. The predicted molar refractivity (Wildman–Crippen MR) is 96.2 cm³/mol. The van der Waals surface area contributed by atoms with E-state index in [0.29, 0.717) is 17.7 Å². The summed E-state index contributed by atoms with van der Waals surface area (Å²) in [5.41, 5.74) is 0.359. The highest BCUT2D eigenvalue weighted by atomic mass is 19.2. The molecule has 2 aromatic carbocycles. The molecular weight excluding hydrogens is 359 g/mol. The fourth-order valence-corrected chi connectivity index (χ4v) is 2.69. The van der Waals surface area contributed by atoms with Crippen LogP contribution >= 0.6 is 0 Å². The van der Waals surface area contributed by atoms with E-state index >= 15 is 0 Å². The number of aromatic amines is 1. The minimum Gasteiger partial charge on any atom is -0.328 e. The number of nitrogens with zero attached hydrogens (tertiary/aromatic N) is 1. The Hall–Kier alpha value is -3.29. The lowest BCUT2D eigenvalue weighted by Crippen LogP contribution is -2.33. The zero-order valence-electron chi connectivity index (χ0n) is 14.4. The smallest absolute Gasteiger partial charge is 0.321 e. The van der Waals surface area contributed by atoms with Crippen molar-refractivity contribution in [1.29, 1.82) is 0 Å². The third-order valence-corrected chi connectivity index (χ3v) is 4.17. The number of benzene rings is 2. The molecule has 3 rings (SSSR count). The number of pyridine rings is 1. The summed E-state index contributed by atoms with van der Waals surface area (Å²) in [6.45, 7) is 0.237. The quantitative estimate of drug-likeness (QED) is 0.731. The largest absolute Gasteiger partial charge is 0.328 e. The van der Waals surface area contributed by atoms with Crippen LogP contribution in [0, 0.1) is 17.5 Å². The molecule has 0 spiro atoms. The molecule has 0 aliphatic rings. The first-order valence-electron chi connectivity index (χ1n) is 8.12. The number of likely N-dealkylation sites (N-methyl/N-ethyl adjacent to an activating group) is 1. The number of carbonyl (C=O) groups is 1. The van der Waals surface area contributed by atoms with Crippen molar-refractivity contribution in [3.8, 4) is 0 Å². The fraction of sp³-hybridized carbons (Fsp3) is 0.158. The van der Waals surface area contributed by atoms with Crippen LogP contribution in [0.1, 0.15) is 5.56 Å². The molecule has 0 unspecified atom stereocenters. The topological polar surface area (TPSA) is 65.2 Å². The number of rotatable bonds is 4. The second kappa shape index (κ2) is 7.53. The Labute approximate surface area is 152 Å². The molecule has 0 saturated heterocycles. The highest BCUT2D eigenvalue weighted by Gasteiger charge is 2.13. The monoisotopic (exact) mass is 375 g/mol. The van der Waals surface area contributed by atoms with E-state index < -0.39 is 29.0 Å². The Bertz CT molecular complexity index is 1070. The standard InChI is InChI=1S/C19H16F3N3O2/c1-25(19(27)24-13-4-2-3-12(20)7-13)6-5-11-10-23-18(26)15-9-17(22)16(21)8-14(11)15/h2-4,7-10H,5-6H2,1H3,(H,23,26)(H,24,27). The van der Waals surface area contributed by atoms with E-state index in [1.54, 1.807) is 13.1 Å². The fourth-order valence-electron chi connectivity index (χ4n) is 2.69. The number of nitrogens with one attached hydrogen (secondary N) is 2. The normalized spacial score (nSPS) is 10.8. The Morgan fingerprint density at radius 1 is 1.11 bits per heavy atom. The molecule has 1 heterocycles. The molecule has 3 aromatic rings. The van der Waals surface area contributed by atoms with Gasteiger partial charge in [-0.05, 0) is 47.7 Å². The van der Waals surface area contributed by atoms with E-state index in [-0.39, 0.29) is 17.3 Å². The van der Waals surface area contributed by atoms with E-state index in [0.717, 1.165) is 12.1 Å². The Morgan fingerprint density at radius 2 is 1.81 bits per heavy atom. The van der Waals surface area contributed by atoms with Crippen LogP contribution in [0.2, 0.25) is 0 Å². The molecule has 27 heavy (non-hydrogen) atoms. The van der Waals surface area contributed by atoms with Crippen molar-refractivity contribution in [3.63, 3.8) is 0 Å². The van der Waals surface area contributed by atoms with Crippen molar-refractivity contribution in [3.05, 3.63) is 76.0 Å². The molecule has 2 amide bonds. The minimum atomic E-state index is -1.10. The maximum Gasteiger partial charge on any atom is 0.321 e. The third kappa shape index (κ3) is 4.11. The zero-order chi connectivity index (χ0) is 19.6. The van der Waals surface area contributed by atoms with Gasteiger partial charge >= 0.3 is 6.03 Å². The molecule has 0 aliphatic heterocycles. The third-order valence-electron chi connectivity index (χ3n) is 4.17. The summed E-state index contributed by atoms with van der Waals surface area (Å²) >= 11 is 0. The van der Waals surface area contributed by atoms with Crippen LogP contribution in [0.25, 0.3) is 10.8 Å². The zero-order valence-corrected chi connectivity index (χ0v) is 14.4. The van der Waals surface area contributed by atoms with Crippen molar-refractivity contribution in [2.24, 2.45) is 0 Å². The number of aromatic nitrogens is 1. The van der Waals surface area contributed by atoms with E-state index in [9.17, 15) is 22.8 Å². The van der Waals surface area contributed by atoms with Gasteiger partial charge in [0.05, 0.1) is 5.39 Å². The summed E-state index contributed by atoms with van der Waals surface area (Å²) in [7, 11) is 1.54. The summed E-state index contributed by atoms with van der Waals surface area (Å²) in [5.74, 6) is -2.62. The van der Waals surface area contributed by atoms with Gasteiger partial charge < -0.3 is 15.2 Å². The number of H-pyrrole nitrogens is 1. The van der Waals surface area contributed by atoms with E-state index in [2.05, 4.69) is 10.3 Å². The van der Waals surface area contributed by atoms with Crippen molar-refractivity contribution in [2.75, 3.05) is 18.9 Å². The molecule has 8 heteroatoms. The first-order valence-corrected chi connectivity index (χ1v) is 8.12. The number of hydrogen-bond acceptors (Lipinski definition) is 2. The first-order chi connectivity index (χ1) is 12.8. The van der Waals surface area contributed by atoms with Crippen molar-refractivity contribution in [2.45, 2.75) is 6.42 Å². The molecule has 0 radical (unpaired) electrons.